The lowest BCUT2D eigenvalue weighted by molar-refractivity contribution is -0.138. The van der Waals surface area contributed by atoms with E-state index in [2.05, 4.69) is 25.5 Å². The van der Waals surface area contributed by atoms with Crippen molar-refractivity contribution in [2.75, 3.05) is 35.7 Å². The predicted molar refractivity (Wildman–Crippen MR) is 143 cm³/mol. The molecule has 9 nitrogen and oxygen atoms in total. The number of carbonyl (C=O) groups excluding carboxylic acids is 2. The summed E-state index contributed by atoms with van der Waals surface area (Å²) >= 11 is 0. The van der Waals surface area contributed by atoms with Gasteiger partial charge in [-0.1, -0.05) is 0 Å². The first kappa shape index (κ1) is 28.7. The van der Waals surface area contributed by atoms with Crippen molar-refractivity contribution >= 4 is 29.0 Å². The molecular weight excluding hydrogens is 532 g/mol. The third-order valence-electron chi connectivity index (χ3n) is 6.89. The van der Waals surface area contributed by atoms with Crippen LogP contribution in [-0.2, 0) is 11.0 Å². The maximum absolute atomic E-state index is 15.5. The van der Waals surface area contributed by atoms with Crippen LogP contribution in [-0.4, -0.2) is 58.9 Å². The Labute approximate surface area is 227 Å². The number of aromatic nitrogens is 2. The van der Waals surface area contributed by atoms with Crippen molar-refractivity contribution < 1.29 is 27.2 Å². The van der Waals surface area contributed by atoms with Gasteiger partial charge in [-0.3, -0.25) is 19.3 Å². The number of pyridine rings is 2. The van der Waals surface area contributed by atoms with E-state index < -0.39 is 34.6 Å². The summed E-state index contributed by atoms with van der Waals surface area (Å²) in [7, 11) is 1.96. The number of nitrogens with one attached hydrogen (secondary N) is 3. The van der Waals surface area contributed by atoms with Crippen LogP contribution < -0.4 is 21.1 Å². The van der Waals surface area contributed by atoms with Gasteiger partial charge in [0.05, 0.1) is 22.5 Å². The van der Waals surface area contributed by atoms with Gasteiger partial charge in [0.2, 0.25) is 11.5 Å². The molecule has 0 radical (unpaired) electrons. The number of H-pyrrole nitrogens is 1. The van der Waals surface area contributed by atoms with E-state index in [0.717, 1.165) is 0 Å². The molecule has 2 aromatic heterocycles. The van der Waals surface area contributed by atoms with Gasteiger partial charge in [-0.15, -0.1) is 0 Å². The first-order valence-electron chi connectivity index (χ1n) is 12.4. The number of alkyl halides is 3. The predicted octanol–water partition coefficient (Wildman–Crippen LogP) is 4.33. The van der Waals surface area contributed by atoms with E-state index in [-0.39, 0.29) is 35.1 Å². The molecule has 212 valence electrons. The van der Waals surface area contributed by atoms with Crippen molar-refractivity contribution in [1.29, 1.82) is 0 Å². The van der Waals surface area contributed by atoms with Crippen LogP contribution in [0.3, 0.4) is 0 Å². The third-order valence-corrected chi connectivity index (χ3v) is 6.89. The number of anilines is 3. The summed E-state index contributed by atoms with van der Waals surface area (Å²) in [6.45, 7) is 6.24. The third kappa shape index (κ3) is 6.14. The average Bonchev–Trinajstić information content (AvgIpc) is 2.87. The lowest BCUT2D eigenvalue weighted by atomic mass is 10.0. The number of hydrogen-bond donors (Lipinski definition) is 3. The van der Waals surface area contributed by atoms with Gasteiger partial charge < -0.3 is 20.5 Å². The van der Waals surface area contributed by atoms with E-state index in [9.17, 15) is 27.6 Å². The highest BCUT2D eigenvalue weighted by Crippen LogP contribution is 2.37. The summed E-state index contributed by atoms with van der Waals surface area (Å²) in [6.07, 6.45) is -2.92. The Balaban J connectivity index is 1.79. The van der Waals surface area contributed by atoms with Gasteiger partial charge in [0.1, 0.15) is 11.6 Å². The number of carbonyl (C=O) groups is 2. The number of likely N-dealkylation sites (N-methyl/N-ethyl adjacent to an activating group) is 1. The molecule has 2 atom stereocenters. The number of halogens is 4. The van der Waals surface area contributed by atoms with E-state index in [1.54, 1.807) is 0 Å². The molecule has 3 aromatic rings. The van der Waals surface area contributed by atoms with Gasteiger partial charge in [-0.25, -0.2) is 9.37 Å². The highest BCUT2D eigenvalue weighted by Gasteiger charge is 2.36. The van der Waals surface area contributed by atoms with Crippen molar-refractivity contribution in [3.05, 3.63) is 70.0 Å². The van der Waals surface area contributed by atoms with Crippen LogP contribution in [0.2, 0.25) is 0 Å². The fourth-order valence-electron chi connectivity index (χ4n) is 4.64. The second kappa shape index (κ2) is 11.1. The SMILES string of the molecule is CC(=O)Nc1ccc(-c2cc(NC(=O)c3c[nH]c(=O)cc3C(F)(F)F)c(N3CC(C)N(C)C(C)C3)cc2F)cn1. The van der Waals surface area contributed by atoms with Crippen LogP contribution >= 0.6 is 0 Å². The van der Waals surface area contributed by atoms with E-state index in [0.29, 0.717) is 36.6 Å². The average molecular weight is 561 g/mol. The molecule has 0 bridgehead atoms. The van der Waals surface area contributed by atoms with Crippen LogP contribution in [0.15, 0.2) is 47.5 Å². The highest BCUT2D eigenvalue weighted by molar-refractivity contribution is 6.07. The number of rotatable bonds is 5. The van der Waals surface area contributed by atoms with Gasteiger partial charge in [0.25, 0.3) is 5.91 Å². The minimum atomic E-state index is -4.96. The number of nitrogens with zero attached hydrogens (tertiary/aromatic N) is 3. The molecule has 3 N–H and O–H groups in total. The highest BCUT2D eigenvalue weighted by atomic mass is 19.4. The van der Waals surface area contributed by atoms with E-state index >= 15 is 4.39 Å². The lowest BCUT2D eigenvalue weighted by Gasteiger charge is -2.44. The molecule has 3 heterocycles. The summed E-state index contributed by atoms with van der Waals surface area (Å²) in [4.78, 5) is 46.3. The lowest BCUT2D eigenvalue weighted by Crippen LogP contribution is -2.55. The van der Waals surface area contributed by atoms with Gasteiger partial charge in [-0.2, -0.15) is 13.2 Å². The molecule has 1 saturated heterocycles. The first-order chi connectivity index (χ1) is 18.7. The molecule has 2 amide bonds. The number of amides is 2. The number of piperazine rings is 1. The second-order valence-electron chi connectivity index (χ2n) is 9.81. The van der Waals surface area contributed by atoms with Crippen LogP contribution in [0.4, 0.5) is 34.8 Å². The molecule has 1 fully saturated rings. The fourth-order valence-corrected chi connectivity index (χ4v) is 4.64. The topological polar surface area (TPSA) is 110 Å². The zero-order chi connectivity index (χ0) is 29.4. The molecule has 4 rings (SSSR count). The van der Waals surface area contributed by atoms with Crippen LogP contribution in [0.1, 0.15) is 36.7 Å². The Hall–Kier alpha value is -4.26. The minimum absolute atomic E-state index is 0.0358. The van der Waals surface area contributed by atoms with Crippen molar-refractivity contribution in [3.63, 3.8) is 0 Å². The summed E-state index contributed by atoms with van der Waals surface area (Å²) < 4.78 is 56.5. The Morgan fingerprint density at radius 3 is 2.33 bits per heavy atom. The molecule has 0 spiro atoms. The zero-order valence-corrected chi connectivity index (χ0v) is 22.2. The minimum Gasteiger partial charge on any atom is -0.367 e. The molecule has 13 heteroatoms. The molecular formula is C27H28F4N6O3. The van der Waals surface area contributed by atoms with Gasteiger partial charge >= 0.3 is 6.18 Å². The van der Waals surface area contributed by atoms with E-state index in [1.165, 1.54) is 37.4 Å². The van der Waals surface area contributed by atoms with Crippen molar-refractivity contribution in [1.82, 2.24) is 14.9 Å². The standard InChI is InChI=1S/C27H28F4N6O3/c1-14-12-37(13-15(2)36(14)4)23-9-21(28)18(17-5-6-24(32-10-17)34-16(3)38)7-22(23)35-26(40)19-11-33-25(39)8-20(19)27(29,30)31/h5-11,14-15H,12-13H2,1-4H3,(H,33,39)(H,35,40)(H,32,34,38). The van der Waals surface area contributed by atoms with Gasteiger partial charge in [0, 0.05) is 61.7 Å². The molecule has 1 aromatic carbocycles. The normalized spacial score (nSPS) is 17.9. The smallest absolute Gasteiger partial charge is 0.367 e. The fraction of sp³-hybridized carbons (Fsp3) is 0.333. The van der Waals surface area contributed by atoms with Crippen molar-refractivity contribution in [2.24, 2.45) is 0 Å². The van der Waals surface area contributed by atoms with Crippen LogP contribution in [0.5, 0.6) is 0 Å². The summed E-state index contributed by atoms with van der Waals surface area (Å²) in [5.41, 5.74) is -2.47. The zero-order valence-electron chi connectivity index (χ0n) is 22.2. The van der Waals surface area contributed by atoms with Gasteiger partial charge in [-0.05, 0) is 45.2 Å². The summed E-state index contributed by atoms with van der Waals surface area (Å²) in [5, 5.41) is 5.02. The van der Waals surface area contributed by atoms with Gasteiger partial charge in [0.15, 0.2) is 0 Å². The Kier molecular flexibility index (Phi) is 7.96. The quantitative estimate of drug-likeness (QED) is 0.401. The number of aromatic amines is 1. The maximum atomic E-state index is 15.5. The Bertz CT molecular complexity index is 1480. The number of benzene rings is 1. The largest absolute Gasteiger partial charge is 0.417 e. The Morgan fingerprint density at radius 1 is 1.07 bits per heavy atom. The molecule has 1 aliphatic rings. The molecule has 40 heavy (non-hydrogen) atoms. The second-order valence-corrected chi connectivity index (χ2v) is 9.81. The number of hydrogen-bond acceptors (Lipinski definition) is 6. The van der Waals surface area contributed by atoms with Crippen molar-refractivity contribution in [2.45, 2.75) is 39.0 Å². The first-order valence-corrected chi connectivity index (χ1v) is 12.4. The molecule has 1 aliphatic heterocycles. The molecule has 2 unspecified atom stereocenters. The van der Waals surface area contributed by atoms with Crippen molar-refractivity contribution in [3.8, 4) is 11.1 Å². The summed E-state index contributed by atoms with van der Waals surface area (Å²) in [5.74, 6) is -1.85. The van der Waals surface area contributed by atoms with E-state index in [1.807, 2.05) is 25.8 Å². The van der Waals surface area contributed by atoms with E-state index in [4.69, 9.17) is 0 Å². The summed E-state index contributed by atoms with van der Waals surface area (Å²) in [6, 6.07) is 6.01. The van der Waals surface area contributed by atoms with Crippen LogP contribution in [0, 0.1) is 5.82 Å². The van der Waals surface area contributed by atoms with Crippen LogP contribution in [0.25, 0.3) is 11.1 Å². The Morgan fingerprint density at radius 2 is 1.75 bits per heavy atom. The maximum Gasteiger partial charge on any atom is 0.417 e. The molecule has 0 saturated carbocycles. The molecule has 0 aliphatic carbocycles. The monoisotopic (exact) mass is 560 g/mol.